The fraction of sp³-hybridized carbons (Fsp3) is 0.421. The second kappa shape index (κ2) is 9.03. The Morgan fingerprint density at radius 3 is 2.50 bits per heavy atom. The molecule has 0 N–H and O–H groups in total. The maximum Gasteiger partial charge on any atom is 0.414 e. The van der Waals surface area contributed by atoms with Crippen LogP contribution in [0.1, 0.15) is 39.2 Å². The van der Waals surface area contributed by atoms with Gasteiger partial charge in [0, 0.05) is 19.5 Å². The van der Waals surface area contributed by atoms with Crippen molar-refractivity contribution in [3.63, 3.8) is 0 Å². The number of allylic oxidation sites excluding steroid dienone is 1. The summed E-state index contributed by atoms with van der Waals surface area (Å²) in [4.78, 5) is 37.1. The van der Waals surface area contributed by atoms with Gasteiger partial charge in [-0.3, -0.25) is 9.69 Å². The van der Waals surface area contributed by atoms with Crippen LogP contribution in [-0.4, -0.2) is 35.1 Å². The van der Waals surface area contributed by atoms with Crippen molar-refractivity contribution in [1.82, 2.24) is 4.90 Å². The van der Waals surface area contributed by atoms with E-state index >= 15 is 0 Å². The lowest BCUT2D eigenvalue weighted by molar-refractivity contribution is -0.150. The molecule has 26 heavy (non-hydrogen) atoms. The Labute approximate surface area is 152 Å². The molecule has 0 bridgehead atoms. The summed E-state index contributed by atoms with van der Waals surface area (Å²) in [5, 5.41) is 0. The topological polar surface area (TPSA) is 82.1 Å². The van der Waals surface area contributed by atoms with E-state index in [4.69, 9.17) is 14.2 Å². The molecule has 140 valence electrons. The molecule has 0 saturated carbocycles. The lowest BCUT2D eigenvalue weighted by Gasteiger charge is -2.31. The molecule has 0 aliphatic carbocycles. The van der Waals surface area contributed by atoms with Crippen LogP contribution in [0, 0.1) is 0 Å². The van der Waals surface area contributed by atoms with Gasteiger partial charge in [-0.2, -0.15) is 0 Å². The Morgan fingerprint density at radius 1 is 1.19 bits per heavy atom. The average Bonchev–Trinajstić information content (AvgIpc) is 2.59. The molecule has 1 aliphatic rings. The van der Waals surface area contributed by atoms with E-state index in [2.05, 4.69) is 0 Å². The normalized spacial score (nSPS) is 16.7. The van der Waals surface area contributed by atoms with Crippen LogP contribution in [0.15, 0.2) is 42.3 Å². The monoisotopic (exact) mass is 361 g/mol. The third-order valence-corrected chi connectivity index (χ3v) is 3.60. The van der Waals surface area contributed by atoms with Gasteiger partial charge in [-0.1, -0.05) is 30.3 Å². The van der Waals surface area contributed by atoms with Gasteiger partial charge in [-0.05, 0) is 25.8 Å². The molecule has 1 heterocycles. The Morgan fingerprint density at radius 2 is 1.88 bits per heavy atom. The minimum Gasteiger partial charge on any atom is -0.459 e. The number of carbonyl (C=O) groups is 3. The number of nitrogens with zero attached hydrogens (tertiary/aromatic N) is 1. The minimum atomic E-state index is -0.829. The second-order valence-electron chi connectivity index (χ2n) is 6.18. The summed E-state index contributed by atoms with van der Waals surface area (Å²) < 4.78 is 15.6. The average molecular weight is 361 g/mol. The van der Waals surface area contributed by atoms with Gasteiger partial charge in [-0.25, -0.2) is 9.59 Å². The van der Waals surface area contributed by atoms with Crippen molar-refractivity contribution in [3.8, 4) is 0 Å². The molecule has 1 aromatic carbocycles. The molecule has 1 aliphatic heterocycles. The number of carbonyl (C=O) groups excluding carboxylic acids is 3. The molecule has 0 unspecified atom stereocenters. The van der Waals surface area contributed by atoms with Crippen LogP contribution in [0.3, 0.4) is 0 Å². The van der Waals surface area contributed by atoms with E-state index < -0.39 is 24.1 Å². The van der Waals surface area contributed by atoms with Crippen LogP contribution in [0.2, 0.25) is 0 Å². The third kappa shape index (κ3) is 5.61. The molecular weight excluding hydrogens is 338 g/mol. The molecule has 1 amide bonds. The molecule has 1 atom stereocenters. The largest absolute Gasteiger partial charge is 0.459 e. The molecule has 2 rings (SSSR count). The maximum absolute atomic E-state index is 12.5. The smallest absolute Gasteiger partial charge is 0.414 e. The van der Waals surface area contributed by atoms with Gasteiger partial charge in [0.05, 0.1) is 6.10 Å². The van der Waals surface area contributed by atoms with Crippen molar-refractivity contribution < 1.29 is 28.6 Å². The maximum atomic E-state index is 12.5. The molecule has 0 fully saturated rings. The number of ether oxygens (including phenoxy) is 3. The van der Waals surface area contributed by atoms with Crippen LogP contribution < -0.4 is 0 Å². The summed E-state index contributed by atoms with van der Waals surface area (Å²) in [7, 11) is 0. The highest BCUT2D eigenvalue weighted by atomic mass is 16.6. The Balaban J connectivity index is 2.10. The molecule has 7 heteroatoms. The Hall–Kier alpha value is -2.83. The zero-order valence-electron chi connectivity index (χ0n) is 15.1. The van der Waals surface area contributed by atoms with Crippen LogP contribution >= 0.6 is 0 Å². The molecule has 0 radical (unpaired) electrons. The van der Waals surface area contributed by atoms with E-state index in [1.807, 2.05) is 30.3 Å². The third-order valence-electron chi connectivity index (χ3n) is 3.60. The number of hydrogen-bond acceptors (Lipinski definition) is 6. The van der Waals surface area contributed by atoms with Gasteiger partial charge in [0.15, 0.2) is 0 Å². The highest BCUT2D eigenvalue weighted by molar-refractivity contribution is 5.82. The number of esters is 2. The van der Waals surface area contributed by atoms with Crippen LogP contribution in [0.4, 0.5) is 4.79 Å². The van der Waals surface area contributed by atoms with Crippen LogP contribution in [0.25, 0.3) is 0 Å². The minimum absolute atomic E-state index is 0.115. The highest BCUT2D eigenvalue weighted by Crippen LogP contribution is 2.24. The van der Waals surface area contributed by atoms with Crippen LogP contribution in [0.5, 0.6) is 0 Å². The summed E-state index contributed by atoms with van der Waals surface area (Å²) in [6.07, 6.45) is 0.919. The molecule has 7 nitrogen and oxygen atoms in total. The predicted octanol–water partition coefficient (Wildman–Crippen LogP) is 3.14. The quantitative estimate of drug-likeness (QED) is 0.592. The first-order valence-corrected chi connectivity index (χ1v) is 8.45. The lowest BCUT2D eigenvalue weighted by atomic mass is 10.1. The first kappa shape index (κ1) is 19.5. The fourth-order valence-corrected chi connectivity index (χ4v) is 2.49. The number of rotatable bonds is 5. The first-order chi connectivity index (χ1) is 12.4. The fourth-order valence-electron chi connectivity index (χ4n) is 2.49. The summed E-state index contributed by atoms with van der Waals surface area (Å²) in [5.41, 5.74) is 0.851. The summed E-state index contributed by atoms with van der Waals surface area (Å²) in [6.45, 7) is 4.81. The van der Waals surface area contributed by atoms with E-state index in [0.717, 1.165) is 10.5 Å². The van der Waals surface area contributed by atoms with Crippen molar-refractivity contribution >= 4 is 18.0 Å². The van der Waals surface area contributed by atoms with Crippen molar-refractivity contribution in [2.24, 2.45) is 0 Å². The van der Waals surface area contributed by atoms with E-state index in [1.165, 1.54) is 13.1 Å². The van der Waals surface area contributed by atoms with Gasteiger partial charge >= 0.3 is 18.0 Å². The highest BCUT2D eigenvalue weighted by Gasteiger charge is 2.35. The second-order valence-corrected chi connectivity index (χ2v) is 6.18. The van der Waals surface area contributed by atoms with E-state index in [9.17, 15) is 14.4 Å². The van der Waals surface area contributed by atoms with Gasteiger partial charge in [0.2, 0.25) is 0 Å². The van der Waals surface area contributed by atoms with Gasteiger partial charge < -0.3 is 14.2 Å². The number of hydrogen-bond donors (Lipinski definition) is 0. The van der Waals surface area contributed by atoms with Crippen molar-refractivity contribution in [1.29, 1.82) is 0 Å². The lowest BCUT2D eigenvalue weighted by Crippen LogP contribution is -2.45. The molecule has 0 spiro atoms. The summed E-state index contributed by atoms with van der Waals surface area (Å²) >= 11 is 0. The van der Waals surface area contributed by atoms with Crippen LogP contribution in [-0.2, 0) is 30.4 Å². The summed E-state index contributed by atoms with van der Waals surface area (Å²) in [6, 6.07) is 8.44. The van der Waals surface area contributed by atoms with Gasteiger partial charge in [0.1, 0.15) is 18.4 Å². The SMILES string of the molecule is CC(=O)OC1=CN(C(=O)OC(C)C)[C@H](C(=O)OCc2ccccc2)CC1. The van der Waals surface area contributed by atoms with Gasteiger partial charge in [0.25, 0.3) is 0 Å². The standard InChI is InChI=1S/C19H23NO6/c1-13(2)25-19(23)20-11-16(26-14(3)21)9-10-17(20)18(22)24-12-15-7-5-4-6-8-15/h4-8,11,13,17H,9-10,12H2,1-3H3/t17-/m0/s1. The summed E-state index contributed by atoms with van der Waals surface area (Å²) in [5.74, 6) is -0.712. The zero-order valence-corrected chi connectivity index (χ0v) is 15.1. The van der Waals surface area contributed by atoms with E-state index in [-0.39, 0.29) is 19.1 Å². The Kier molecular flexibility index (Phi) is 6.77. The number of benzene rings is 1. The van der Waals surface area contributed by atoms with Crippen molar-refractivity contribution in [3.05, 3.63) is 47.9 Å². The molecule has 1 aromatic rings. The van der Waals surface area contributed by atoms with Gasteiger partial charge in [-0.15, -0.1) is 0 Å². The van der Waals surface area contributed by atoms with E-state index in [1.54, 1.807) is 13.8 Å². The predicted molar refractivity (Wildman–Crippen MR) is 92.6 cm³/mol. The first-order valence-electron chi connectivity index (χ1n) is 8.45. The number of amides is 1. The molecular formula is C19H23NO6. The molecule has 0 saturated heterocycles. The Bertz CT molecular complexity index is 683. The van der Waals surface area contributed by atoms with E-state index in [0.29, 0.717) is 12.2 Å². The van der Waals surface area contributed by atoms with Crippen molar-refractivity contribution in [2.75, 3.05) is 0 Å². The van der Waals surface area contributed by atoms with Crippen molar-refractivity contribution in [2.45, 2.75) is 52.4 Å². The molecule has 0 aromatic heterocycles. The zero-order chi connectivity index (χ0) is 19.1.